The van der Waals surface area contributed by atoms with Crippen LogP contribution in [0.3, 0.4) is 0 Å². The maximum Gasteiger partial charge on any atom is 0.250 e. The van der Waals surface area contributed by atoms with E-state index in [-0.39, 0.29) is 18.6 Å². The first kappa shape index (κ1) is 14.9. The van der Waals surface area contributed by atoms with E-state index in [1.165, 1.54) is 0 Å². The number of nitrogens with one attached hydrogen (secondary N) is 1. The van der Waals surface area contributed by atoms with Crippen LogP contribution in [0.25, 0.3) is 0 Å². The molecule has 0 radical (unpaired) electrons. The molecule has 3 N–H and O–H groups in total. The zero-order chi connectivity index (χ0) is 14.6. The average Bonchev–Trinajstić information content (AvgIpc) is 2.40. The van der Waals surface area contributed by atoms with E-state index in [4.69, 9.17) is 10.5 Å². The number of nitrogen functional groups attached to an aromatic ring is 1. The molecule has 1 amide bonds. The number of anilines is 2. The van der Waals surface area contributed by atoms with Gasteiger partial charge in [0, 0.05) is 11.4 Å². The van der Waals surface area contributed by atoms with Crippen LogP contribution < -0.4 is 11.1 Å². The minimum atomic E-state index is -0.111. The van der Waals surface area contributed by atoms with E-state index in [1.807, 2.05) is 0 Å². The van der Waals surface area contributed by atoms with Crippen LogP contribution in [0.4, 0.5) is 11.4 Å². The molecule has 1 saturated carbocycles. The van der Waals surface area contributed by atoms with Crippen LogP contribution in [0.1, 0.15) is 39.5 Å². The highest BCUT2D eigenvalue weighted by molar-refractivity contribution is 5.91. The zero-order valence-corrected chi connectivity index (χ0v) is 12.3. The van der Waals surface area contributed by atoms with Gasteiger partial charge in [-0.1, -0.05) is 13.8 Å². The molecule has 0 aliphatic heterocycles. The highest BCUT2D eigenvalue weighted by Gasteiger charge is 2.27. The first-order valence-electron chi connectivity index (χ1n) is 7.22. The summed E-state index contributed by atoms with van der Waals surface area (Å²) in [5, 5.41) is 2.81. The Hall–Kier alpha value is -1.55. The van der Waals surface area contributed by atoms with Gasteiger partial charge in [-0.25, -0.2) is 0 Å². The summed E-state index contributed by atoms with van der Waals surface area (Å²) in [6.45, 7) is 4.70. The van der Waals surface area contributed by atoms with Gasteiger partial charge in [-0.3, -0.25) is 4.79 Å². The molecule has 20 heavy (non-hydrogen) atoms. The minimum Gasteiger partial charge on any atom is -0.399 e. The number of hydrogen-bond acceptors (Lipinski definition) is 3. The van der Waals surface area contributed by atoms with Crippen LogP contribution in [0.5, 0.6) is 0 Å². The van der Waals surface area contributed by atoms with Crippen molar-refractivity contribution in [2.75, 3.05) is 17.7 Å². The summed E-state index contributed by atoms with van der Waals surface area (Å²) in [5.41, 5.74) is 7.45. The lowest BCUT2D eigenvalue weighted by Gasteiger charge is -2.34. The highest BCUT2D eigenvalue weighted by Crippen LogP contribution is 2.36. The Balaban J connectivity index is 1.72. The summed E-state index contributed by atoms with van der Waals surface area (Å²) >= 11 is 0. The van der Waals surface area contributed by atoms with Crippen molar-refractivity contribution in [1.82, 2.24) is 0 Å². The minimum absolute atomic E-state index is 0.111. The molecule has 1 aromatic rings. The highest BCUT2D eigenvalue weighted by atomic mass is 16.5. The number of nitrogens with two attached hydrogens (primary N) is 1. The Kier molecular flexibility index (Phi) is 4.65. The molecule has 0 atom stereocenters. The van der Waals surface area contributed by atoms with Crippen LogP contribution in [0.15, 0.2) is 24.3 Å². The number of carbonyl (C=O) groups excluding carboxylic acids is 1. The molecule has 0 saturated heterocycles. The number of benzene rings is 1. The first-order chi connectivity index (χ1) is 9.44. The molecule has 1 fully saturated rings. The smallest absolute Gasteiger partial charge is 0.250 e. The van der Waals surface area contributed by atoms with E-state index < -0.39 is 0 Å². The molecule has 0 spiro atoms. The van der Waals surface area contributed by atoms with Crippen molar-refractivity contribution < 1.29 is 9.53 Å². The lowest BCUT2D eigenvalue weighted by atomic mass is 9.76. The SMILES string of the molecule is CC1(C)CCC(OCC(=O)Nc2ccc(N)cc2)CC1. The molecule has 110 valence electrons. The van der Waals surface area contributed by atoms with E-state index in [0.29, 0.717) is 11.1 Å². The molecule has 4 heteroatoms. The third-order valence-electron chi connectivity index (χ3n) is 3.93. The summed E-state index contributed by atoms with van der Waals surface area (Å²) in [5.74, 6) is -0.111. The number of rotatable bonds is 4. The predicted octanol–water partition coefficient (Wildman–Crippen LogP) is 3.19. The molecular weight excluding hydrogens is 252 g/mol. The summed E-state index contributed by atoms with van der Waals surface area (Å²) in [6, 6.07) is 7.10. The Labute approximate surface area is 120 Å². The van der Waals surface area contributed by atoms with Crippen LogP contribution in [-0.4, -0.2) is 18.6 Å². The molecule has 2 rings (SSSR count). The van der Waals surface area contributed by atoms with E-state index in [1.54, 1.807) is 24.3 Å². The molecule has 0 unspecified atom stereocenters. The molecule has 1 aliphatic rings. The van der Waals surface area contributed by atoms with Gasteiger partial charge in [0.25, 0.3) is 0 Å². The van der Waals surface area contributed by atoms with Gasteiger partial charge >= 0.3 is 0 Å². The third kappa shape index (κ3) is 4.53. The van der Waals surface area contributed by atoms with Crippen molar-refractivity contribution in [2.24, 2.45) is 5.41 Å². The number of amides is 1. The fraction of sp³-hybridized carbons (Fsp3) is 0.562. The van der Waals surface area contributed by atoms with Crippen LogP contribution in [0, 0.1) is 5.41 Å². The van der Waals surface area contributed by atoms with Crippen molar-refractivity contribution in [3.8, 4) is 0 Å². The monoisotopic (exact) mass is 276 g/mol. The summed E-state index contributed by atoms with van der Waals surface area (Å²) < 4.78 is 5.70. The molecule has 1 aromatic carbocycles. The topological polar surface area (TPSA) is 64.3 Å². The Bertz CT molecular complexity index is 444. The maximum atomic E-state index is 11.8. The second-order valence-corrected chi connectivity index (χ2v) is 6.34. The number of carbonyl (C=O) groups is 1. The molecular formula is C16H24N2O2. The quantitative estimate of drug-likeness (QED) is 0.830. The van der Waals surface area contributed by atoms with Crippen LogP contribution in [-0.2, 0) is 9.53 Å². The summed E-state index contributed by atoms with van der Waals surface area (Å²) in [7, 11) is 0. The molecule has 0 heterocycles. The van der Waals surface area contributed by atoms with Crippen molar-refractivity contribution in [3.63, 3.8) is 0 Å². The first-order valence-corrected chi connectivity index (χ1v) is 7.22. The van der Waals surface area contributed by atoms with Gasteiger partial charge in [-0.2, -0.15) is 0 Å². The van der Waals surface area contributed by atoms with Gasteiger partial charge < -0.3 is 15.8 Å². The molecule has 4 nitrogen and oxygen atoms in total. The predicted molar refractivity (Wildman–Crippen MR) is 81.5 cm³/mol. The van der Waals surface area contributed by atoms with Gasteiger partial charge in [0.1, 0.15) is 6.61 Å². The van der Waals surface area contributed by atoms with Gasteiger partial charge in [-0.05, 0) is 55.4 Å². The van der Waals surface area contributed by atoms with Crippen molar-refractivity contribution >= 4 is 17.3 Å². The Morgan fingerprint density at radius 1 is 1.30 bits per heavy atom. The van der Waals surface area contributed by atoms with E-state index in [0.717, 1.165) is 31.4 Å². The lowest BCUT2D eigenvalue weighted by molar-refractivity contribution is -0.123. The number of hydrogen-bond donors (Lipinski definition) is 2. The third-order valence-corrected chi connectivity index (χ3v) is 3.93. The van der Waals surface area contributed by atoms with Gasteiger partial charge in [0.15, 0.2) is 0 Å². The van der Waals surface area contributed by atoms with E-state index in [2.05, 4.69) is 19.2 Å². The van der Waals surface area contributed by atoms with Crippen LogP contribution >= 0.6 is 0 Å². The fourth-order valence-corrected chi connectivity index (χ4v) is 2.50. The largest absolute Gasteiger partial charge is 0.399 e. The van der Waals surface area contributed by atoms with E-state index >= 15 is 0 Å². The van der Waals surface area contributed by atoms with Crippen LogP contribution in [0.2, 0.25) is 0 Å². The number of ether oxygens (including phenoxy) is 1. The van der Waals surface area contributed by atoms with Gasteiger partial charge in [0.2, 0.25) is 5.91 Å². The van der Waals surface area contributed by atoms with Crippen molar-refractivity contribution in [3.05, 3.63) is 24.3 Å². The maximum absolute atomic E-state index is 11.8. The second-order valence-electron chi connectivity index (χ2n) is 6.34. The van der Waals surface area contributed by atoms with Gasteiger partial charge in [0.05, 0.1) is 6.10 Å². The molecule has 0 bridgehead atoms. The summed E-state index contributed by atoms with van der Waals surface area (Å²) in [6.07, 6.45) is 4.64. The molecule has 1 aliphatic carbocycles. The average molecular weight is 276 g/mol. The van der Waals surface area contributed by atoms with E-state index in [9.17, 15) is 4.79 Å². The zero-order valence-electron chi connectivity index (χ0n) is 12.3. The van der Waals surface area contributed by atoms with Gasteiger partial charge in [-0.15, -0.1) is 0 Å². The lowest BCUT2D eigenvalue weighted by Crippen LogP contribution is -2.29. The standard InChI is InChI=1S/C16H24N2O2/c1-16(2)9-7-14(8-10-16)20-11-15(19)18-13-5-3-12(17)4-6-13/h3-6,14H,7-11,17H2,1-2H3,(H,18,19). The van der Waals surface area contributed by atoms with Crippen molar-refractivity contribution in [2.45, 2.75) is 45.6 Å². The Morgan fingerprint density at radius 2 is 1.90 bits per heavy atom. The summed E-state index contributed by atoms with van der Waals surface area (Å²) in [4.78, 5) is 11.8. The molecule has 0 aromatic heterocycles. The fourth-order valence-electron chi connectivity index (χ4n) is 2.50. The second kappa shape index (κ2) is 6.27. The van der Waals surface area contributed by atoms with Crippen molar-refractivity contribution in [1.29, 1.82) is 0 Å². The Morgan fingerprint density at radius 3 is 2.50 bits per heavy atom. The normalized spacial score (nSPS) is 18.7.